The maximum Gasteiger partial charge on any atom is 0.262 e. The summed E-state index contributed by atoms with van der Waals surface area (Å²) in [6.45, 7) is 0. The van der Waals surface area contributed by atoms with E-state index in [0.29, 0.717) is 22.0 Å². The number of rotatable bonds is 4. The Morgan fingerprint density at radius 1 is 1.16 bits per heavy atom. The summed E-state index contributed by atoms with van der Waals surface area (Å²) in [5, 5.41) is 1.68. The second-order valence-electron chi connectivity index (χ2n) is 5.58. The van der Waals surface area contributed by atoms with E-state index in [1.165, 1.54) is 18.1 Å². The molecule has 3 rings (SSSR count). The Labute approximate surface area is 151 Å². The fraction of sp³-hybridized carbons (Fsp3) is 0.167. The SMILES string of the molecule is COc1ccccc1C(=O)N(c1ccc(Cl)cc1)C1C=CS(=O)(=O)C1. The minimum Gasteiger partial charge on any atom is -0.496 e. The molecule has 0 saturated carbocycles. The summed E-state index contributed by atoms with van der Waals surface area (Å²) < 4.78 is 29.0. The third-order valence-corrected chi connectivity index (χ3v) is 5.53. The molecule has 1 amide bonds. The molecule has 2 aromatic carbocycles. The molecule has 0 N–H and O–H groups in total. The van der Waals surface area contributed by atoms with E-state index in [-0.39, 0.29) is 11.7 Å². The Bertz CT molecular complexity index is 922. The van der Waals surface area contributed by atoms with Crippen LogP contribution in [0, 0.1) is 0 Å². The predicted octanol–water partition coefficient (Wildman–Crippen LogP) is 3.31. The van der Waals surface area contributed by atoms with Gasteiger partial charge in [-0.3, -0.25) is 4.79 Å². The van der Waals surface area contributed by atoms with Gasteiger partial charge in [0.2, 0.25) is 0 Å². The third-order valence-electron chi connectivity index (χ3n) is 3.90. The van der Waals surface area contributed by atoms with Gasteiger partial charge in [0.1, 0.15) is 5.75 Å². The number of benzene rings is 2. The lowest BCUT2D eigenvalue weighted by molar-refractivity contribution is 0.0980. The number of nitrogens with zero attached hydrogens (tertiary/aromatic N) is 1. The third kappa shape index (κ3) is 3.70. The average Bonchev–Trinajstić information content (AvgIpc) is 2.96. The summed E-state index contributed by atoms with van der Waals surface area (Å²) in [7, 11) is -1.84. The minimum atomic E-state index is -3.32. The van der Waals surface area contributed by atoms with Gasteiger partial charge in [-0.25, -0.2) is 8.42 Å². The van der Waals surface area contributed by atoms with Gasteiger partial charge in [-0.2, -0.15) is 0 Å². The topological polar surface area (TPSA) is 63.7 Å². The average molecular weight is 378 g/mol. The van der Waals surface area contributed by atoms with Crippen LogP contribution in [0.1, 0.15) is 10.4 Å². The number of hydrogen-bond acceptors (Lipinski definition) is 4. The van der Waals surface area contributed by atoms with Crippen molar-refractivity contribution in [2.45, 2.75) is 6.04 Å². The molecule has 1 heterocycles. The molecule has 0 aliphatic carbocycles. The zero-order valence-corrected chi connectivity index (χ0v) is 15.0. The molecule has 7 heteroatoms. The largest absolute Gasteiger partial charge is 0.496 e. The smallest absolute Gasteiger partial charge is 0.262 e. The Morgan fingerprint density at radius 3 is 2.44 bits per heavy atom. The number of sulfone groups is 1. The van der Waals surface area contributed by atoms with E-state index >= 15 is 0 Å². The Hall–Kier alpha value is -2.31. The van der Waals surface area contributed by atoms with Gasteiger partial charge in [0, 0.05) is 16.1 Å². The van der Waals surface area contributed by atoms with Crippen LogP contribution in [-0.2, 0) is 9.84 Å². The molecular weight excluding hydrogens is 362 g/mol. The highest BCUT2D eigenvalue weighted by atomic mass is 35.5. The van der Waals surface area contributed by atoms with Crippen LogP contribution in [0.5, 0.6) is 5.75 Å². The van der Waals surface area contributed by atoms with Crippen molar-refractivity contribution in [3.63, 3.8) is 0 Å². The van der Waals surface area contributed by atoms with E-state index < -0.39 is 15.9 Å². The number of amides is 1. The molecule has 25 heavy (non-hydrogen) atoms. The lowest BCUT2D eigenvalue weighted by Gasteiger charge is -2.28. The van der Waals surface area contributed by atoms with E-state index in [4.69, 9.17) is 16.3 Å². The van der Waals surface area contributed by atoms with Crippen molar-refractivity contribution in [3.8, 4) is 5.75 Å². The first kappa shape index (κ1) is 17.5. The summed E-state index contributed by atoms with van der Waals surface area (Å²) in [5.41, 5.74) is 0.921. The van der Waals surface area contributed by atoms with Gasteiger partial charge in [-0.1, -0.05) is 23.7 Å². The van der Waals surface area contributed by atoms with Gasteiger partial charge >= 0.3 is 0 Å². The van der Waals surface area contributed by atoms with Crippen LogP contribution >= 0.6 is 11.6 Å². The molecule has 130 valence electrons. The Balaban J connectivity index is 2.06. The van der Waals surface area contributed by atoms with Crippen molar-refractivity contribution in [2.24, 2.45) is 0 Å². The van der Waals surface area contributed by atoms with Gasteiger partial charge < -0.3 is 9.64 Å². The van der Waals surface area contributed by atoms with Crippen molar-refractivity contribution in [3.05, 3.63) is 70.6 Å². The van der Waals surface area contributed by atoms with E-state index in [1.54, 1.807) is 48.5 Å². The molecule has 0 spiro atoms. The van der Waals surface area contributed by atoms with Gasteiger partial charge in [-0.05, 0) is 42.5 Å². The molecule has 2 aromatic rings. The molecule has 0 aromatic heterocycles. The summed E-state index contributed by atoms with van der Waals surface area (Å²) in [5.74, 6) is -0.0703. The number of hydrogen-bond donors (Lipinski definition) is 0. The molecule has 1 aliphatic rings. The highest BCUT2D eigenvalue weighted by Gasteiger charge is 2.33. The maximum atomic E-state index is 13.2. The second kappa shape index (κ2) is 6.90. The van der Waals surface area contributed by atoms with Crippen LogP contribution < -0.4 is 9.64 Å². The summed E-state index contributed by atoms with van der Waals surface area (Å²) in [4.78, 5) is 14.6. The fourth-order valence-electron chi connectivity index (χ4n) is 2.73. The number of ether oxygens (including phenoxy) is 1. The molecule has 1 unspecified atom stereocenters. The number of carbonyl (C=O) groups excluding carboxylic acids is 1. The molecule has 0 bridgehead atoms. The van der Waals surface area contributed by atoms with Gasteiger partial charge in [0.05, 0.1) is 24.5 Å². The van der Waals surface area contributed by atoms with E-state index in [1.807, 2.05) is 0 Å². The van der Waals surface area contributed by atoms with Gasteiger partial charge in [0.25, 0.3) is 5.91 Å². The number of anilines is 1. The first-order valence-corrected chi connectivity index (χ1v) is 9.64. The normalized spacial score (nSPS) is 18.1. The van der Waals surface area contributed by atoms with Crippen molar-refractivity contribution >= 4 is 33.0 Å². The molecular formula is C18H16ClNO4S. The zero-order valence-electron chi connectivity index (χ0n) is 13.4. The van der Waals surface area contributed by atoms with Gasteiger partial charge in [0.15, 0.2) is 9.84 Å². The molecule has 0 saturated heterocycles. The molecule has 1 aliphatic heterocycles. The van der Waals surface area contributed by atoms with E-state index in [0.717, 1.165) is 5.41 Å². The molecule has 0 fully saturated rings. The van der Waals surface area contributed by atoms with Crippen LogP contribution in [-0.4, -0.2) is 33.2 Å². The zero-order chi connectivity index (χ0) is 18.0. The molecule has 1 atom stereocenters. The van der Waals surface area contributed by atoms with Crippen LogP contribution in [0.3, 0.4) is 0 Å². The second-order valence-corrected chi connectivity index (χ2v) is 7.94. The Morgan fingerprint density at radius 2 is 1.84 bits per heavy atom. The lowest BCUT2D eigenvalue weighted by Crippen LogP contribution is -2.41. The number of halogens is 1. The first-order valence-electron chi connectivity index (χ1n) is 7.54. The van der Waals surface area contributed by atoms with Crippen LogP contribution in [0.2, 0.25) is 5.02 Å². The number of methoxy groups -OCH3 is 1. The summed E-state index contributed by atoms with van der Waals surface area (Å²) in [6.07, 6.45) is 1.53. The lowest BCUT2D eigenvalue weighted by atomic mass is 10.1. The molecule has 0 radical (unpaired) electrons. The van der Waals surface area contributed by atoms with Crippen LogP contribution in [0.15, 0.2) is 60.0 Å². The highest BCUT2D eigenvalue weighted by molar-refractivity contribution is 7.94. The van der Waals surface area contributed by atoms with E-state index in [2.05, 4.69) is 0 Å². The Kier molecular flexibility index (Phi) is 4.83. The molecule has 5 nitrogen and oxygen atoms in total. The monoisotopic (exact) mass is 377 g/mol. The van der Waals surface area contributed by atoms with Crippen LogP contribution in [0.4, 0.5) is 5.69 Å². The van der Waals surface area contributed by atoms with Crippen molar-refractivity contribution in [2.75, 3.05) is 17.8 Å². The van der Waals surface area contributed by atoms with Crippen molar-refractivity contribution in [1.82, 2.24) is 0 Å². The van der Waals surface area contributed by atoms with E-state index in [9.17, 15) is 13.2 Å². The fourth-order valence-corrected chi connectivity index (χ4v) is 4.13. The van der Waals surface area contributed by atoms with Crippen molar-refractivity contribution in [1.29, 1.82) is 0 Å². The predicted molar refractivity (Wildman–Crippen MR) is 98.0 cm³/mol. The van der Waals surface area contributed by atoms with Crippen LogP contribution in [0.25, 0.3) is 0 Å². The maximum absolute atomic E-state index is 13.2. The number of para-hydroxylation sites is 1. The first-order chi connectivity index (χ1) is 11.9. The summed E-state index contributed by atoms with van der Waals surface area (Å²) in [6, 6.07) is 12.9. The number of carbonyl (C=O) groups is 1. The highest BCUT2D eigenvalue weighted by Crippen LogP contribution is 2.28. The van der Waals surface area contributed by atoms with Crippen molar-refractivity contribution < 1.29 is 17.9 Å². The minimum absolute atomic E-state index is 0.156. The standard InChI is InChI=1S/C18H16ClNO4S/c1-24-17-5-3-2-4-16(17)18(21)20(14-8-6-13(19)7-9-14)15-10-11-25(22,23)12-15/h2-11,15H,12H2,1H3. The quantitative estimate of drug-likeness (QED) is 0.820. The van der Waals surface area contributed by atoms with Gasteiger partial charge in [-0.15, -0.1) is 0 Å². The summed E-state index contributed by atoms with van der Waals surface area (Å²) >= 11 is 5.93.